The van der Waals surface area contributed by atoms with E-state index in [1.807, 2.05) is 0 Å². The van der Waals surface area contributed by atoms with Gasteiger partial charge in [0, 0.05) is 13.5 Å². The van der Waals surface area contributed by atoms with Crippen molar-refractivity contribution in [3.63, 3.8) is 0 Å². The molecular formula is C19H22FN3O5. The molecule has 0 saturated carbocycles. The number of carbonyl (C=O) groups is 2. The lowest BCUT2D eigenvalue weighted by atomic mass is 10.1. The third-order valence-corrected chi connectivity index (χ3v) is 4.62. The quantitative estimate of drug-likeness (QED) is 0.530. The first-order chi connectivity index (χ1) is 13.3. The Kier molecular flexibility index (Phi) is 5.78. The zero-order valence-corrected chi connectivity index (χ0v) is 15.6. The number of halogens is 1. The number of aliphatic hydroxyl groups is 2. The molecule has 1 unspecified atom stereocenters. The van der Waals surface area contributed by atoms with Crippen molar-refractivity contribution >= 4 is 23.2 Å². The number of benzene rings is 1. The Labute approximate surface area is 160 Å². The summed E-state index contributed by atoms with van der Waals surface area (Å²) in [5.74, 6) is -0.946. The average Bonchev–Trinajstić information content (AvgIpc) is 3.15. The van der Waals surface area contributed by atoms with E-state index >= 15 is 0 Å². The van der Waals surface area contributed by atoms with Crippen LogP contribution in [0.25, 0.3) is 0 Å². The summed E-state index contributed by atoms with van der Waals surface area (Å²) < 4.78 is 15.8. The van der Waals surface area contributed by atoms with Gasteiger partial charge in [0.2, 0.25) is 0 Å². The van der Waals surface area contributed by atoms with Gasteiger partial charge in [0.25, 0.3) is 5.91 Å². The number of anilines is 2. The lowest BCUT2D eigenvalue weighted by Gasteiger charge is -2.14. The monoisotopic (exact) mass is 391 g/mol. The second kappa shape index (κ2) is 8.09. The molecule has 1 aliphatic rings. The fourth-order valence-electron chi connectivity index (χ4n) is 3.25. The number of ketones is 1. The van der Waals surface area contributed by atoms with Crippen LogP contribution in [0, 0.1) is 12.7 Å². The average molecular weight is 391 g/mol. The van der Waals surface area contributed by atoms with E-state index in [-0.39, 0.29) is 29.5 Å². The maximum absolute atomic E-state index is 14.3. The first-order valence-electron chi connectivity index (χ1n) is 8.82. The number of aromatic nitrogens is 1. The molecule has 28 heavy (non-hydrogen) atoms. The SMILES string of the molecule is Cc1ccc(Nc2c(C(=O)NOCC(O)CO)c3c(n2C)C(=O)CC3)c(F)c1. The standard InChI is InChI=1S/C19H22FN3O5/c1-10-3-5-14(13(20)7-10)21-18-16(19(27)22-28-9-11(25)8-24)12-4-6-15(26)17(12)23(18)2/h3,5,7,11,21,24-25H,4,6,8-9H2,1-2H3,(H,22,27). The van der Waals surface area contributed by atoms with Gasteiger partial charge in [0.05, 0.1) is 23.6 Å². The summed E-state index contributed by atoms with van der Waals surface area (Å²) in [7, 11) is 1.63. The Morgan fingerprint density at radius 2 is 2.14 bits per heavy atom. The van der Waals surface area contributed by atoms with E-state index in [4.69, 9.17) is 9.94 Å². The molecule has 1 aromatic carbocycles. The zero-order chi connectivity index (χ0) is 20.4. The Bertz CT molecular complexity index is 925. The Hall–Kier alpha value is -2.75. The van der Waals surface area contributed by atoms with Crippen LogP contribution in [0.15, 0.2) is 18.2 Å². The first-order valence-corrected chi connectivity index (χ1v) is 8.82. The van der Waals surface area contributed by atoms with Crippen molar-refractivity contribution in [3.8, 4) is 0 Å². The minimum absolute atomic E-state index is 0.0967. The Morgan fingerprint density at radius 3 is 2.82 bits per heavy atom. The summed E-state index contributed by atoms with van der Waals surface area (Å²) in [6.07, 6.45) is -0.452. The van der Waals surface area contributed by atoms with E-state index in [0.717, 1.165) is 5.56 Å². The molecule has 3 rings (SSSR count). The predicted molar refractivity (Wildman–Crippen MR) is 99.0 cm³/mol. The van der Waals surface area contributed by atoms with Crippen molar-refractivity contribution in [2.24, 2.45) is 7.05 Å². The number of nitrogens with zero attached hydrogens (tertiary/aromatic N) is 1. The maximum atomic E-state index is 14.3. The number of hydrogen-bond donors (Lipinski definition) is 4. The maximum Gasteiger partial charge on any atom is 0.278 e. The first kappa shape index (κ1) is 20.0. The highest BCUT2D eigenvalue weighted by Crippen LogP contribution is 2.35. The molecule has 0 bridgehead atoms. The minimum Gasteiger partial charge on any atom is -0.394 e. The molecule has 1 amide bonds. The summed E-state index contributed by atoms with van der Waals surface area (Å²) >= 11 is 0. The Morgan fingerprint density at radius 1 is 1.39 bits per heavy atom. The number of hydrogen-bond acceptors (Lipinski definition) is 6. The van der Waals surface area contributed by atoms with Crippen LogP contribution in [0.1, 0.15) is 38.4 Å². The van der Waals surface area contributed by atoms with E-state index < -0.39 is 24.4 Å². The third kappa shape index (κ3) is 3.77. The molecule has 1 heterocycles. The number of rotatable bonds is 7. The highest BCUT2D eigenvalue weighted by atomic mass is 19.1. The fourth-order valence-corrected chi connectivity index (χ4v) is 3.25. The van der Waals surface area contributed by atoms with Crippen molar-refractivity contribution < 1.29 is 29.0 Å². The summed E-state index contributed by atoms with van der Waals surface area (Å²) in [6, 6.07) is 4.65. The number of fused-ring (bicyclic) bond motifs is 1. The van der Waals surface area contributed by atoms with Gasteiger partial charge < -0.3 is 20.1 Å². The van der Waals surface area contributed by atoms with E-state index in [1.54, 1.807) is 30.7 Å². The predicted octanol–water partition coefficient (Wildman–Crippen LogP) is 1.36. The molecule has 0 fully saturated rings. The highest BCUT2D eigenvalue weighted by molar-refractivity contribution is 6.09. The van der Waals surface area contributed by atoms with Crippen molar-refractivity contribution in [2.75, 3.05) is 18.5 Å². The fraction of sp³-hybridized carbons (Fsp3) is 0.368. The van der Waals surface area contributed by atoms with Gasteiger partial charge in [-0.2, -0.15) is 0 Å². The van der Waals surface area contributed by atoms with Crippen molar-refractivity contribution in [1.29, 1.82) is 0 Å². The highest BCUT2D eigenvalue weighted by Gasteiger charge is 2.33. The smallest absolute Gasteiger partial charge is 0.278 e. The van der Waals surface area contributed by atoms with Crippen LogP contribution in [0.5, 0.6) is 0 Å². The van der Waals surface area contributed by atoms with Crippen LogP contribution in [0.4, 0.5) is 15.9 Å². The number of nitrogens with one attached hydrogen (secondary N) is 2. The second-order valence-electron chi connectivity index (χ2n) is 6.72. The second-order valence-corrected chi connectivity index (χ2v) is 6.72. The van der Waals surface area contributed by atoms with E-state index in [9.17, 15) is 19.1 Å². The number of aryl methyl sites for hydroxylation is 1. The number of hydroxylamine groups is 1. The minimum atomic E-state index is -1.14. The zero-order valence-electron chi connectivity index (χ0n) is 15.6. The van der Waals surface area contributed by atoms with Crippen LogP contribution >= 0.6 is 0 Å². The molecule has 9 heteroatoms. The molecular weight excluding hydrogens is 369 g/mol. The molecule has 0 aliphatic heterocycles. The molecule has 4 N–H and O–H groups in total. The van der Waals surface area contributed by atoms with Crippen molar-refractivity contribution in [3.05, 3.63) is 46.4 Å². The molecule has 1 aromatic heterocycles. The van der Waals surface area contributed by atoms with Crippen LogP contribution in [0.2, 0.25) is 0 Å². The lowest BCUT2D eigenvalue weighted by molar-refractivity contribution is -0.0295. The van der Waals surface area contributed by atoms with Crippen molar-refractivity contribution in [1.82, 2.24) is 10.0 Å². The van der Waals surface area contributed by atoms with E-state index in [0.29, 0.717) is 24.1 Å². The Balaban J connectivity index is 1.94. The van der Waals surface area contributed by atoms with Gasteiger partial charge in [0.1, 0.15) is 24.3 Å². The van der Waals surface area contributed by atoms with Gasteiger partial charge in [-0.3, -0.25) is 14.4 Å². The number of Topliss-reactive ketones (excluding diaryl/α,β-unsaturated/α-hetero) is 1. The number of carbonyl (C=O) groups excluding carboxylic acids is 2. The van der Waals surface area contributed by atoms with Gasteiger partial charge in [-0.15, -0.1) is 0 Å². The van der Waals surface area contributed by atoms with Gasteiger partial charge in [-0.25, -0.2) is 9.87 Å². The molecule has 0 spiro atoms. The summed E-state index contributed by atoms with van der Waals surface area (Å²) in [4.78, 5) is 29.9. The molecule has 8 nitrogen and oxygen atoms in total. The topological polar surface area (TPSA) is 113 Å². The molecule has 150 valence electrons. The molecule has 2 aromatic rings. The largest absolute Gasteiger partial charge is 0.394 e. The number of amides is 1. The van der Waals surface area contributed by atoms with Crippen LogP contribution in [-0.2, 0) is 18.3 Å². The molecule has 1 atom stereocenters. The van der Waals surface area contributed by atoms with E-state index in [1.165, 1.54) is 6.07 Å². The molecule has 0 saturated heterocycles. The van der Waals surface area contributed by atoms with Crippen LogP contribution in [-0.4, -0.2) is 45.8 Å². The van der Waals surface area contributed by atoms with Crippen LogP contribution in [0.3, 0.4) is 0 Å². The van der Waals surface area contributed by atoms with Gasteiger partial charge >= 0.3 is 0 Å². The normalized spacial score (nSPS) is 14.1. The lowest BCUT2D eigenvalue weighted by Crippen LogP contribution is -2.30. The van der Waals surface area contributed by atoms with Crippen LogP contribution < -0.4 is 10.8 Å². The third-order valence-electron chi connectivity index (χ3n) is 4.62. The van der Waals surface area contributed by atoms with Gasteiger partial charge in [0.15, 0.2) is 5.78 Å². The van der Waals surface area contributed by atoms with Gasteiger partial charge in [-0.1, -0.05) is 6.07 Å². The summed E-state index contributed by atoms with van der Waals surface area (Å²) in [5, 5.41) is 21.0. The van der Waals surface area contributed by atoms with E-state index in [2.05, 4.69) is 10.8 Å². The number of aliphatic hydroxyl groups excluding tert-OH is 2. The molecule has 0 radical (unpaired) electrons. The summed E-state index contributed by atoms with van der Waals surface area (Å²) in [6.45, 7) is 0.954. The van der Waals surface area contributed by atoms with Gasteiger partial charge in [-0.05, 0) is 36.6 Å². The van der Waals surface area contributed by atoms with Crippen molar-refractivity contribution in [2.45, 2.75) is 25.9 Å². The summed E-state index contributed by atoms with van der Waals surface area (Å²) in [5.41, 5.74) is 4.27. The molecule has 1 aliphatic carbocycles.